The minimum Gasteiger partial charge on any atom is -0.337 e. The van der Waals surface area contributed by atoms with Crippen LogP contribution in [0.4, 0.5) is 11.4 Å². The molecule has 2 aromatic heterocycles. The normalized spacial score (nSPS) is 15.4. The number of fused-ring (bicyclic) bond motifs is 1. The van der Waals surface area contributed by atoms with E-state index in [9.17, 15) is 4.79 Å². The molecule has 0 atom stereocenters. The van der Waals surface area contributed by atoms with Crippen molar-refractivity contribution >= 4 is 57.2 Å². The summed E-state index contributed by atoms with van der Waals surface area (Å²) in [5.41, 5.74) is 2.64. The second kappa shape index (κ2) is 8.31. The molecule has 5 nitrogen and oxygen atoms in total. The molecule has 8 heteroatoms. The van der Waals surface area contributed by atoms with Crippen molar-refractivity contribution in [1.82, 2.24) is 4.57 Å². The standard InChI is InChI=1S/C22H20ClN4OS2/c1-5-26-13-15(24-3)8-9-16(26)12-19-27(6-2)21(28)20(30-19)22-25(4)17-10-7-14(23)11-18(17)29-22/h7-13H,5-6H2,1-2,4H3/q+1/b22-20+. The van der Waals surface area contributed by atoms with E-state index in [1.165, 1.54) is 11.3 Å². The predicted molar refractivity (Wildman–Crippen MR) is 125 cm³/mol. The van der Waals surface area contributed by atoms with E-state index < -0.39 is 0 Å². The van der Waals surface area contributed by atoms with Gasteiger partial charge in [0.25, 0.3) is 5.56 Å². The van der Waals surface area contributed by atoms with Gasteiger partial charge in [-0.25, -0.2) is 9.41 Å². The monoisotopic (exact) mass is 455 g/mol. The van der Waals surface area contributed by atoms with Crippen LogP contribution in [-0.4, -0.2) is 11.6 Å². The number of halogens is 1. The van der Waals surface area contributed by atoms with Crippen LogP contribution in [0.25, 0.3) is 16.0 Å². The van der Waals surface area contributed by atoms with E-state index in [0.717, 1.165) is 37.0 Å². The van der Waals surface area contributed by atoms with Gasteiger partial charge in [-0.15, -0.1) is 11.3 Å². The van der Waals surface area contributed by atoms with Crippen molar-refractivity contribution in [2.24, 2.45) is 0 Å². The lowest BCUT2D eigenvalue weighted by Crippen LogP contribution is -2.37. The maximum atomic E-state index is 13.2. The number of hydrogen-bond donors (Lipinski definition) is 0. The summed E-state index contributed by atoms with van der Waals surface area (Å²) in [5, 5.41) is 1.62. The minimum absolute atomic E-state index is 0.0165. The van der Waals surface area contributed by atoms with Crippen molar-refractivity contribution < 1.29 is 4.57 Å². The van der Waals surface area contributed by atoms with Gasteiger partial charge in [0.1, 0.15) is 20.8 Å². The van der Waals surface area contributed by atoms with Crippen LogP contribution in [0.1, 0.15) is 19.5 Å². The summed E-state index contributed by atoms with van der Waals surface area (Å²) >= 11 is 9.24. The summed E-state index contributed by atoms with van der Waals surface area (Å²) in [4.78, 5) is 19.9. The first-order chi connectivity index (χ1) is 14.5. The molecule has 0 N–H and O–H groups in total. The number of anilines is 1. The maximum absolute atomic E-state index is 13.2. The molecule has 152 valence electrons. The maximum Gasteiger partial charge on any atom is 0.271 e. The van der Waals surface area contributed by atoms with Crippen LogP contribution in [0.5, 0.6) is 0 Å². The quantitative estimate of drug-likeness (QED) is 0.447. The zero-order valence-electron chi connectivity index (χ0n) is 16.8. The van der Waals surface area contributed by atoms with Crippen LogP contribution in [-0.2, 0) is 13.1 Å². The van der Waals surface area contributed by atoms with Gasteiger partial charge < -0.3 is 4.90 Å². The molecule has 1 aromatic carbocycles. The Labute approximate surface area is 188 Å². The Morgan fingerprint density at radius 2 is 2.07 bits per heavy atom. The first kappa shape index (κ1) is 20.7. The summed E-state index contributed by atoms with van der Waals surface area (Å²) < 4.78 is 5.45. The third kappa shape index (κ3) is 3.56. The summed E-state index contributed by atoms with van der Waals surface area (Å²) in [6, 6.07) is 9.54. The fourth-order valence-electron chi connectivity index (χ4n) is 3.44. The average molecular weight is 456 g/mol. The number of hydrogen-bond acceptors (Lipinski definition) is 4. The number of rotatable bonds is 3. The molecule has 0 bridgehead atoms. The van der Waals surface area contributed by atoms with Crippen molar-refractivity contribution in [3.8, 4) is 0 Å². The van der Waals surface area contributed by atoms with Crippen molar-refractivity contribution in [3.63, 3.8) is 0 Å². The number of thioether (sulfide) groups is 1. The van der Waals surface area contributed by atoms with E-state index in [1.807, 2.05) is 68.1 Å². The van der Waals surface area contributed by atoms with E-state index in [0.29, 0.717) is 17.3 Å². The van der Waals surface area contributed by atoms with E-state index in [4.69, 9.17) is 18.2 Å². The molecule has 1 aliphatic rings. The van der Waals surface area contributed by atoms with Crippen LogP contribution in [0.3, 0.4) is 0 Å². The molecule has 3 heterocycles. The summed E-state index contributed by atoms with van der Waals surface area (Å²) in [6.07, 6.45) is 3.87. The van der Waals surface area contributed by atoms with Gasteiger partial charge in [-0.3, -0.25) is 9.36 Å². The molecule has 0 aliphatic carbocycles. The van der Waals surface area contributed by atoms with Crippen LogP contribution in [0.15, 0.2) is 46.2 Å². The van der Waals surface area contributed by atoms with Crippen molar-refractivity contribution in [2.75, 3.05) is 11.9 Å². The van der Waals surface area contributed by atoms with Gasteiger partial charge in [0.2, 0.25) is 11.4 Å². The second-order valence-corrected chi connectivity index (χ2v) is 9.25. The molecule has 0 amide bonds. The lowest BCUT2D eigenvalue weighted by atomic mass is 10.3. The molecule has 30 heavy (non-hydrogen) atoms. The van der Waals surface area contributed by atoms with Crippen molar-refractivity contribution in [2.45, 2.75) is 31.8 Å². The predicted octanol–water partition coefficient (Wildman–Crippen LogP) is 3.58. The molecular formula is C22H20ClN4OS2+. The van der Waals surface area contributed by atoms with E-state index in [-0.39, 0.29) is 5.56 Å². The fraction of sp³-hybridized carbons (Fsp3) is 0.227. The molecule has 0 spiro atoms. The zero-order valence-corrected chi connectivity index (χ0v) is 19.2. The lowest BCUT2D eigenvalue weighted by Gasteiger charge is -2.12. The Morgan fingerprint density at radius 1 is 1.27 bits per heavy atom. The highest BCUT2D eigenvalue weighted by Crippen LogP contribution is 2.46. The highest BCUT2D eigenvalue weighted by molar-refractivity contribution is 8.08. The zero-order chi connectivity index (χ0) is 21.4. The Morgan fingerprint density at radius 3 is 2.77 bits per heavy atom. The largest absolute Gasteiger partial charge is 0.337 e. The van der Waals surface area contributed by atoms with Gasteiger partial charge in [0, 0.05) is 29.6 Å². The number of benzene rings is 1. The molecule has 0 radical (unpaired) electrons. The lowest BCUT2D eigenvalue weighted by molar-refractivity contribution is -0.694. The molecule has 3 aromatic rings. The number of thiazole rings is 1. The number of aryl methyl sites for hydroxylation is 1. The molecule has 0 saturated heterocycles. The van der Waals surface area contributed by atoms with E-state index in [2.05, 4.69) is 9.74 Å². The Bertz CT molecular complexity index is 1370. The van der Waals surface area contributed by atoms with E-state index in [1.54, 1.807) is 16.3 Å². The summed E-state index contributed by atoms with van der Waals surface area (Å²) in [6.45, 7) is 12.6. The highest BCUT2D eigenvalue weighted by atomic mass is 35.5. The van der Waals surface area contributed by atoms with Gasteiger partial charge in [-0.2, -0.15) is 0 Å². The Balaban J connectivity index is 1.92. The molecule has 0 saturated carbocycles. The van der Waals surface area contributed by atoms with Crippen LogP contribution >= 0.6 is 34.7 Å². The van der Waals surface area contributed by atoms with E-state index >= 15 is 0 Å². The van der Waals surface area contributed by atoms with Gasteiger partial charge in [-0.05, 0) is 44.2 Å². The first-order valence-electron chi connectivity index (χ1n) is 9.54. The minimum atomic E-state index is 0.0165. The van der Waals surface area contributed by atoms with Gasteiger partial charge in [0.05, 0.1) is 12.3 Å². The van der Waals surface area contributed by atoms with Gasteiger partial charge in [-0.1, -0.05) is 23.4 Å². The third-order valence-corrected chi connectivity index (χ3v) is 7.70. The second-order valence-electron chi connectivity index (χ2n) is 6.75. The van der Waals surface area contributed by atoms with Crippen molar-refractivity contribution in [3.05, 3.63) is 78.2 Å². The molecule has 0 unspecified atom stereocenters. The smallest absolute Gasteiger partial charge is 0.271 e. The molecule has 1 aliphatic heterocycles. The molecule has 4 rings (SSSR count). The third-order valence-electron chi connectivity index (χ3n) is 5.00. The Hall–Kier alpha value is -2.53. The topological polar surface area (TPSA) is 33.5 Å². The Kier molecular flexibility index (Phi) is 5.74. The van der Waals surface area contributed by atoms with Crippen LogP contribution < -0.4 is 24.2 Å². The average Bonchev–Trinajstić information content (AvgIpc) is 3.23. The fourth-order valence-corrected chi connectivity index (χ4v) is 6.18. The number of aromatic nitrogens is 2. The van der Waals surface area contributed by atoms with Gasteiger partial charge in [0.15, 0.2) is 6.20 Å². The first-order valence-corrected chi connectivity index (χ1v) is 11.6. The van der Waals surface area contributed by atoms with Crippen LogP contribution in [0.2, 0.25) is 5.02 Å². The molecule has 0 fully saturated rings. The molecular weight excluding hydrogens is 436 g/mol. The highest BCUT2D eigenvalue weighted by Gasteiger charge is 2.25. The summed E-state index contributed by atoms with van der Waals surface area (Å²) in [5.74, 6) is 0. The summed E-state index contributed by atoms with van der Waals surface area (Å²) in [7, 11) is 1.98. The van der Waals surface area contributed by atoms with Crippen LogP contribution in [0, 0.1) is 6.57 Å². The SMILES string of the molecule is [C-]#[N+]c1ccc(/C=c2\s/c(=C3/Sc4cc(Cl)ccc4N3C)c(=O)n2CC)[n+](CC)c1. The number of nitrogens with zero attached hydrogens (tertiary/aromatic N) is 4. The number of pyridine rings is 1. The van der Waals surface area contributed by atoms with Gasteiger partial charge >= 0.3 is 0 Å². The van der Waals surface area contributed by atoms with Crippen molar-refractivity contribution in [1.29, 1.82) is 0 Å².